The van der Waals surface area contributed by atoms with Gasteiger partial charge in [0.1, 0.15) is 5.71 Å². The Balaban J connectivity index is 1.58. The minimum absolute atomic E-state index is 0.117. The highest BCUT2D eigenvalue weighted by Crippen LogP contribution is 2.19. The Labute approximate surface area is 144 Å². The van der Waals surface area contributed by atoms with Crippen LogP contribution in [0.2, 0.25) is 0 Å². The zero-order valence-corrected chi connectivity index (χ0v) is 13.4. The molecule has 1 aliphatic rings. The SMILES string of the molecule is O=C1CCC(C(=O)OCC(=O)c2ccc(-c3ccccc3)cc2)=NN1. The smallest absolute Gasteiger partial charge is 0.354 e. The molecule has 0 aromatic heterocycles. The zero-order chi connectivity index (χ0) is 17.6. The topological polar surface area (TPSA) is 84.8 Å². The average Bonchev–Trinajstić information content (AvgIpc) is 2.67. The van der Waals surface area contributed by atoms with Crippen molar-refractivity contribution in [3.8, 4) is 11.1 Å². The van der Waals surface area contributed by atoms with Crippen LogP contribution in [0, 0.1) is 0 Å². The molecule has 1 amide bonds. The second-order valence-corrected chi connectivity index (χ2v) is 5.54. The highest BCUT2D eigenvalue weighted by Gasteiger charge is 2.20. The summed E-state index contributed by atoms with van der Waals surface area (Å²) in [6.07, 6.45) is 0.396. The van der Waals surface area contributed by atoms with E-state index in [1.807, 2.05) is 42.5 Å². The first-order chi connectivity index (χ1) is 12.1. The molecule has 0 atom stereocenters. The monoisotopic (exact) mass is 336 g/mol. The number of hydrazone groups is 1. The third-order valence-corrected chi connectivity index (χ3v) is 3.79. The fourth-order valence-corrected chi connectivity index (χ4v) is 2.40. The summed E-state index contributed by atoms with van der Waals surface area (Å²) in [6, 6.07) is 16.9. The number of carbonyl (C=O) groups excluding carboxylic acids is 3. The molecule has 0 fully saturated rings. The van der Waals surface area contributed by atoms with Gasteiger partial charge in [0.25, 0.3) is 0 Å². The predicted octanol–water partition coefficient (Wildman–Crippen LogP) is 2.35. The standard InChI is InChI=1S/C19H16N2O4/c22-17(12-25-19(24)16-10-11-18(23)21-20-16)15-8-6-14(7-9-15)13-4-2-1-3-5-13/h1-9H,10-12H2,(H,21,23). The van der Waals surface area contributed by atoms with Crippen LogP contribution >= 0.6 is 0 Å². The number of ketones is 1. The molecule has 6 nitrogen and oxygen atoms in total. The van der Waals surface area contributed by atoms with E-state index in [9.17, 15) is 14.4 Å². The van der Waals surface area contributed by atoms with Gasteiger partial charge >= 0.3 is 5.97 Å². The van der Waals surface area contributed by atoms with Gasteiger partial charge in [-0.2, -0.15) is 5.10 Å². The van der Waals surface area contributed by atoms with Gasteiger partial charge in [0.05, 0.1) is 0 Å². The van der Waals surface area contributed by atoms with Crippen molar-refractivity contribution in [2.45, 2.75) is 12.8 Å². The van der Waals surface area contributed by atoms with Crippen LogP contribution in [0.4, 0.5) is 0 Å². The fraction of sp³-hybridized carbons (Fsp3) is 0.158. The number of carbonyl (C=O) groups is 3. The number of hydrogen-bond acceptors (Lipinski definition) is 5. The van der Waals surface area contributed by atoms with Crippen LogP contribution in [0.1, 0.15) is 23.2 Å². The van der Waals surface area contributed by atoms with Crippen molar-refractivity contribution < 1.29 is 19.1 Å². The maximum absolute atomic E-state index is 12.1. The summed E-state index contributed by atoms with van der Waals surface area (Å²) in [5.74, 6) is -1.23. The fourth-order valence-electron chi connectivity index (χ4n) is 2.40. The number of rotatable bonds is 5. The summed E-state index contributed by atoms with van der Waals surface area (Å²) < 4.78 is 4.98. The second-order valence-electron chi connectivity index (χ2n) is 5.54. The van der Waals surface area contributed by atoms with Crippen molar-refractivity contribution in [3.05, 3.63) is 60.2 Å². The molecule has 0 bridgehead atoms. The van der Waals surface area contributed by atoms with Gasteiger partial charge in [0.2, 0.25) is 5.91 Å². The van der Waals surface area contributed by atoms with E-state index in [1.54, 1.807) is 12.1 Å². The van der Waals surface area contributed by atoms with E-state index in [1.165, 1.54) is 0 Å². The van der Waals surface area contributed by atoms with Crippen molar-refractivity contribution in [2.75, 3.05) is 6.61 Å². The Bertz CT molecular complexity index is 826. The summed E-state index contributed by atoms with van der Waals surface area (Å²) in [5, 5.41) is 3.64. The number of nitrogens with one attached hydrogen (secondary N) is 1. The molecule has 2 aromatic carbocycles. The Kier molecular flexibility index (Phi) is 4.99. The molecule has 2 aromatic rings. The first-order valence-corrected chi connectivity index (χ1v) is 7.85. The number of benzene rings is 2. The number of hydrogen-bond donors (Lipinski definition) is 1. The van der Waals surface area contributed by atoms with Crippen LogP contribution in [0.25, 0.3) is 11.1 Å². The van der Waals surface area contributed by atoms with Crippen molar-refractivity contribution in [1.82, 2.24) is 5.43 Å². The van der Waals surface area contributed by atoms with Crippen LogP contribution in [-0.4, -0.2) is 30.0 Å². The molecule has 0 saturated carbocycles. The predicted molar refractivity (Wildman–Crippen MR) is 92.0 cm³/mol. The van der Waals surface area contributed by atoms with Crippen LogP contribution in [0.5, 0.6) is 0 Å². The zero-order valence-electron chi connectivity index (χ0n) is 13.4. The van der Waals surface area contributed by atoms with E-state index >= 15 is 0 Å². The molecule has 3 rings (SSSR count). The molecule has 0 unspecified atom stereocenters. The second kappa shape index (κ2) is 7.53. The van der Waals surface area contributed by atoms with E-state index in [-0.39, 0.29) is 36.9 Å². The Hall–Kier alpha value is -3.28. The average molecular weight is 336 g/mol. The van der Waals surface area contributed by atoms with Gasteiger partial charge in [-0.05, 0) is 11.1 Å². The van der Waals surface area contributed by atoms with Gasteiger partial charge in [-0.25, -0.2) is 10.2 Å². The number of Topliss-reactive ketones (excluding diaryl/α,β-unsaturated/α-hetero) is 1. The van der Waals surface area contributed by atoms with E-state index in [0.717, 1.165) is 11.1 Å². The summed E-state index contributed by atoms with van der Waals surface area (Å²) in [6.45, 7) is -0.365. The Morgan fingerprint density at radius 1 is 0.960 bits per heavy atom. The van der Waals surface area contributed by atoms with Gasteiger partial charge in [-0.3, -0.25) is 9.59 Å². The lowest BCUT2D eigenvalue weighted by Crippen LogP contribution is -2.31. The third-order valence-electron chi connectivity index (χ3n) is 3.79. The summed E-state index contributed by atoms with van der Waals surface area (Å²) in [5.41, 5.74) is 4.86. The van der Waals surface area contributed by atoms with Crippen LogP contribution in [0.15, 0.2) is 59.7 Å². The maximum atomic E-state index is 12.1. The molecule has 0 aliphatic carbocycles. The summed E-state index contributed by atoms with van der Waals surface area (Å²) in [7, 11) is 0. The summed E-state index contributed by atoms with van der Waals surface area (Å²) >= 11 is 0. The largest absolute Gasteiger partial charge is 0.453 e. The lowest BCUT2D eigenvalue weighted by atomic mass is 10.0. The maximum Gasteiger partial charge on any atom is 0.354 e. The molecule has 0 saturated heterocycles. The normalized spacial score (nSPS) is 13.6. The van der Waals surface area contributed by atoms with Crippen LogP contribution in [-0.2, 0) is 14.3 Å². The van der Waals surface area contributed by atoms with Crippen LogP contribution < -0.4 is 5.43 Å². The molecular weight excluding hydrogens is 320 g/mol. The highest BCUT2D eigenvalue weighted by molar-refractivity contribution is 6.37. The van der Waals surface area contributed by atoms with E-state index in [4.69, 9.17) is 4.74 Å². The van der Waals surface area contributed by atoms with Crippen LogP contribution in [0.3, 0.4) is 0 Å². The molecule has 1 N–H and O–H groups in total. The molecule has 126 valence electrons. The first-order valence-electron chi connectivity index (χ1n) is 7.85. The quantitative estimate of drug-likeness (QED) is 0.671. The molecule has 1 heterocycles. The van der Waals surface area contributed by atoms with Gasteiger partial charge in [0, 0.05) is 18.4 Å². The van der Waals surface area contributed by atoms with Gasteiger partial charge in [0.15, 0.2) is 12.4 Å². The van der Waals surface area contributed by atoms with Crippen molar-refractivity contribution in [1.29, 1.82) is 0 Å². The number of amides is 1. The van der Waals surface area contributed by atoms with Crippen molar-refractivity contribution >= 4 is 23.4 Å². The minimum Gasteiger partial charge on any atom is -0.453 e. The van der Waals surface area contributed by atoms with E-state index < -0.39 is 5.97 Å². The molecule has 6 heteroatoms. The van der Waals surface area contributed by atoms with E-state index in [0.29, 0.717) is 5.56 Å². The Morgan fingerprint density at radius 2 is 1.64 bits per heavy atom. The lowest BCUT2D eigenvalue weighted by Gasteiger charge is -2.11. The third kappa shape index (κ3) is 4.17. The number of esters is 1. The summed E-state index contributed by atoms with van der Waals surface area (Å²) in [4.78, 5) is 35.0. The van der Waals surface area contributed by atoms with E-state index in [2.05, 4.69) is 10.5 Å². The molecule has 0 radical (unpaired) electrons. The number of nitrogens with zero attached hydrogens (tertiary/aromatic N) is 1. The molecule has 25 heavy (non-hydrogen) atoms. The Morgan fingerprint density at radius 3 is 2.28 bits per heavy atom. The molecular formula is C19H16N2O4. The van der Waals surface area contributed by atoms with Gasteiger partial charge in [-0.1, -0.05) is 54.6 Å². The molecule has 0 spiro atoms. The number of ether oxygens (including phenoxy) is 1. The van der Waals surface area contributed by atoms with Crippen molar-refractivity contribution in [3.63, 3.8) is 0 Å². The van der Waals surface area contributed by atoms with Crippen molar-refractivity contribution in [2.24, 2.45) is 5.10 Å². The lowest BCUT2D eigenvalue weighted by molar-refractivity contribution is -0.134. The first kappa shape index (κ1) is 16.6. The minimum atomic E-state index is -0.686. The highest BCUT2D eigenvalue weighted by atomic mass is 16.5. The molecule has 1 aliphatic heterocycles. The van der Waals surface area contributed by atoms with Gasteiger partial charge < -0.3 is 4.74 Å². The van der Waals surface area contributed by atoms with Gasteiger partial charge in [-0.15, -0.1) is 0 Å².